The van der Waals surface area contributed by atoms with Crippen LogP contribution in [-0.4, -0.2) is 10.9 Å². The van der Waals surface area contributed by atoms with E-state index in [9.17, 15) is 4.79 Å². The number of halogens is 1. The number of hydroxylamine groups is 1. The van der Waals surface area contributed by atoms with E-state index in [0.717, 1.165) is 10.2 Å². The maximum Gasteiger partial charge on any atom is 0.274 e. The van der Waals surface area contributed by atoms with Crippen molar-refractivity contribution >= 4 is 21.8 Å². The molecule has 0 bridgehead atoms. The van der Waals surface area contributed by atoms with Crippen LogP contribution in [0.25, 0.3) is 0 Å². The molecule has 1 unspecified atom stereocenters. The number of nitrogens with one attached hydrogen (secondary N) is 1. The first kappa shape index (κ1) is 16.7. The summed E-state index contributed by atoms with van der Waals surface area (Å²) in [4.78, 5) is 21.5. The predicted octanol–water partition coefficient (Wildman–Crippen LogP) is 4.16. The number of amides is 1. The van der Waals surface area contributed by atoms with Crippen LogP contribution in [0.2, 0.25) is 0 Å². The van der Waals surface area contributed by atoms with E-state index in [1.54, 1.807) is 31.3 Å². The molecule has 0 spiro atoms. The second-order valence-electron chi connectivity index (χ2n) is 6.01. The lowest BCUT2D eigenvalue weighted by atomic mass is 9.94. The summed E-state index contributed by atoms with van der Waals surface area (Å²) in [5.41, 5.74) is 2.80. The predicted molar refractivity (Wildman–Crippen MR) is 86.3 cm³/mol. The summed E-state index contributed by atoms with van der Waals surface area (Å²) >= 11 is 3.32. The Morgan fingerprint density at radius 1 is 1.41 bits per heavy atom. The van der Waals surface area contributed by atoms with Gasteiger partial charge in [-0.3, -0.25) is 9.63 Å². The summed E-state index contributed by atoms with van der Waals surface area (Å²) in [5.74, 6) is 0.881. The van der Waals surface area contributed by atoms with Gasteiger partial charge in [-0.1, -0.05) is 42.8 Å². The molecule has 0 saturated carbocycles. The Kier molecular flexibility index (Phi) is 5.03. The fourth-order valence-electron chi connectivity index (χ4n) is 1.70. The second kappa shape index (κ2) is 6.62. The number of oxazole rings is 1. The molecule has 0 saturated heterocycles. The van der Waals surface area contributed by atoms with Gasteiger partial charge in [-0.25, -0.2) is 10.5 Å². The van der Waals surface area contributed by atoms with Crippen LogP contribution in [0, 0.1) is 0 Å². The number of hydrogen-bond acceptors (Lipinski definition) is 4. The average Bonchev–Trinajstić information content (AvgIpc) is 2.94. The molecule has 1 atom stereocenters. The number of rotatable bonds is 4. The minimum atomic E-state index is -0.479. The molecule has 1 amide bonds. The lowest BCUT2D eigenvalue weighted by Crippen LogP contribution is -2.25. The van der Waals surface area contributed by atoms with Gasteiger partial charge in [0.2, 0.25) is 5.89 Å². The van der Waals surface area contributed by atoms with Crippen LogP contribution in [0.15, 0.2) is 39.4 Å². The lowest BCUT2D eigenvalue weighted by molar-refractivity contribution is -0.0206. The topological polar surface area (TPSA) is 64.4 Å². The van der Waals surface area contributed by atoms with Crippen LogP contribution in [0.3, 0.4) is 0 Å². The third-order valence-corrected chi connectivity index (χ3v) is 3.52. The molecule has 0 aliphatic carbocycles. The summed E-state index contributed by atoms with van der Waals surface area (Å²) < 4.78 is 6.50. The smallest absolute Gasteiger partial charge is 0.274 e. The Morgan fingerprint density at radius 2 is 2.14 bits per heavy atom. The van der Waals surface area contributed by atoms with Crippen molar-refractivity contribution in [3.8, 4) is 0 Å². The van der Waals surface area contributed by atoms with Crippen molar-refractivity contribution in [3.63, 3.8) is 0 Å². The number of nitrogens with zero attached hydrogens (tertiary/aromatic N) is 1. The van der Waals surface area contributed by atoms with E-state index in [2.05, 4.69) is 26.4 Å². The number of aromatic nitrogens is 1. The van der Waals surface area contributed by atoms with Gasteiger partial charge in [-0.2, -0.15) is 0 Å². The molecule has 1 N–H and O–H groups in total. The van der Waals surface area contributed by atoms with Gasteiger partial charge in [0, 0.05) is 15.5 Å². The molecule has 1 heterocycles. The van der Waals surface area contributed by atoms with Gasteiger partial charge in [0.1, 0.15) is 5.76 Å². The van der Waals surface area contributed by atoms with E-state index in [4.69, 9.17) is 9.25 Å². The molecule has 118 valence electrons. The Labute approximate surface area is 138 Å². The largest absolute Gasteiger partial charge is 0.442 e. The van der Waals surface area contributed by atoms with Crippen molar-refractivity contribution in [2.24, 2.45) is 0 Å². The summed E-state index contributed by atoms with van der Waals surface area (Å²) in [7, 11) is 0. The van der Waals surface area contributed by atoms with E-state index in [1.807, 2.05) is 26.8 Å². The normalized spacial score (nSPS) is 13.0. The van der Waals surface area contributed by atoms with Crippen molar-refractivity contribution in [1.82, 2.24) is 10.5 Å². The molecule has 2 rings (SSSR count). The highest BCUT2D eigenvalue weighted by atomic mass is 79.9. The molecule has 2 aromatic rings. The van der Waals surface area contributed by atoms with Gasteiger partial charge in [0.05, 0.1) is 6.20 Å². The van der Waals surface area contributed by atoms with E-state index < -0.39 is 6.10 Å². The van der Waals surface area contributed by atoms with E-state index >= 15 is 0 Å². The molecular formula is C16H19BrN2O3. The summed E-state index contributed by atoms with van der Waals surface area (Å²) in [5, 5.41) is 0. The van der Waals surface area contributed by atoms with E-state index in [0.29, 0.717) is 11.5 Å². The van der Waals surface area contributed by atoms with Gasteiger partial charge in [0.25, 0.3) is 5.91 Å². The first-order valence-corrected chi connectivity index (χ1v) is 7.74. The van der Waals surface area contributed by atoms with Crippen molar-refractivity contribution in [2.75, 3.05) is 0 Å². The number of hydrogen-bond donors (Lipinski definition) is 1. The van der Waals surface area contributed by atoms with Crippen molar-refractivity contribution in [2.45, 2.75) is 39.2 Å². The maximum absolute atomic E-state index is 12.0. The zero-order valence-corrected chi connectivity index (χ0v) is 14.6. The molecule has 0 aliphatic heterocycles. The Balaban J connectivity index is 1.96. The Bertz CT molecular complexity index is 661. The molecular weight excluding hydrogens is 348 g/mol. The molecule has 0 radical (unpaired) electrons. The Hall–Kier alpha value is -1.66. The standard InChI is InChI=1S/C16H19BrN2O3/c1-10(15-18-9-13(21-15)16(2,3)4)22-19-14(20)11-6-5-7-12(17)8-11/h5-10H,1-4H3,(H,19,20). The molecule has 22 heavy (non-hydrogen) atoms. The zero-order valence-electron chi connectivity index (χ0n) is 13.0. The quantitative estimate of drug-likeness (QED) is 0.825. The van der Waals surface area contributed by atoms with Gasteiger partial charge in [-0.05, 0) is 25.1 Å². The fourth-order valence-corrected chi connectivity index (χ4v) is 2.10. The minimum absolute atomic E-state index is 0.121. The van der Waals surface area contributed by atoms with E-state index in [1.165, 1.54) is 0 Å². The first-order chi connectivity index (χ1) is 10.3. The van der Waals surface area contributed by atoms with Crippen molar-refractivity contribution in [3.05, 3.63) is 52.1 Å². The fraction of sp³-hybridized carbons (Fsp3) is 0.375. The van der Waals surface area contributed by atoms with Gasteiger partial charge in [0.15, 0.2) is 6.10 Å². The first-order valence-electron chi connectivity index (χ1n) is 6.95. The van der Waals surface area contributed by atoms with Crippen molar-refractivity contribution in [1.29, 1.82) is 0 Å². The molecule has 1 aromatic carbocycles. The highest BCUT2D eigenvalue weighted by Crippen LogP contribution is 2.25. The summed E-state index contributed by atoms with van der Waals surface area (Å²) in [6, 6.07) is 7.05. The number of benzene rings is 1. The van der Waals surface area contributed by atoms with Crippen LogP contribution in [-0.2, 0) is 10.3 Å². The highest BCUT2D eigenvalue weighted by Gasteiger charge is 2.22. The second-order valence-corrected chi connectivity index (χ2v) is 6.93. The van der Waals surface area contributed by atoms with Gasteiger partial charge < -0.3 is 4.42 Å². The third kappa shape index (κ3) is 4.18. The van der Waals surface area contributed by atoms with E-state index in [-0.39, 0.29) is 11.3 Å². The molecule has 5 nitrogen and oxygen atoms in total. The van der Waals surface area contributed by atoms with Crippen LogP contribution >= 0.6 is 15.9 Å². The Morgan fingerprint density at radius 3 is 2.73 bits per heavy atom. The van der Waals surface area contributed by atoms with Gasteiger partial charge >= 0.3 is 0 Å². The zero-order chi connectivity index (χ0) is 16.3. The number of carbonyl (C=O) groups is 1. The maximum atomic E-state index is 12.0. The van der Waals surface area contributed by atoms with Crippen LogP contribution in [0.1, 0.15) is 55.8 Å². The van der Waals surface area contributed by atoms with Crippen LogP contribution < -0.4 is 5.48 Å². The average molecular weight is 367 g/mol. The minimum Gasteiger partial charge on any atom is -0.442 e. The van der Waals surface area contributed by atoms with Crippen LogP contribution in [0.4, 0.5) is 0 Å². The highest BCUT2D eigenvalue weighted by molar-refractivity contribution is 9.10. The lowest BCUT2D eigenvalue weighted by Gasteiger charge is -2.14. The third-order valence-electron chi connectivity index (χ3n) is 3.03. The molecule has 0 fully saturated rings. The summed E-state index contributed by atoms with van der Waals surface area (Å²) in [6.07, 6.45) is 1.21. The molecule has 6 heteroatoms. The van der Waals surface area contributed by atoms with Gasteiger partial charge in [-0.15, -0.1) is 0 Å². The molecule has 1 aromatic heterocycles. The number of carbonyl (C=O) groups excluding carboxylic acids is 1. The monoisotopic (exact) mass is 366 g/mol. The summed E-state index contributed by atoms with van der Waals surface area (Å²) in [6.45, 7) is 7.88. The SMILES string of the molecule is CC(ONC(=O)c1cccc(Br)c1)c1ncc(C(C)(C)C)o1. The molecule has 0 aliphatic rings. The van der Waals surface area contributed by atoms with Crippen LogP contribution in [0.5, 0.6) is 0 Å². The van der Waals surface area contributed by atoms with Crippen molar-refractivity contribution < 1.29 is 14.0 Å².